The molecule has 3 nitrogen and oxygen atoms in total. The molecule has 1 atom stereocenters. The van der Waals surface area contributed by atoms with Gasteiger partial charge in [-0.1, -0.05) is 20.3 Å². The van der Waals surface area contributed by atoms with Crippen LogP contribution in [0.5, 0.6) is 5.75 Å². The summed E-state index contributed by atoms with van der Waals surface area (Å²) in [5.74, 6) is 0.986. The van der Waals surface area contributed by atoms with Gasteiger partial charge in [-0.25, -0.2) is 0 Å². The third-order valence-corrected chi connectivity index (χ3v) is 3.55. The quantitative estimate of drug-likeness (QED) is 0.532. The molecule has 0 heterocycles. The molecule has 1 aromatic rings. The molecule has 0 amide bonds. The van der Waals surface area contributed by atoms with Crippen LogP contribution in [-0.2, 0) is 4.74 Å². The van der Waals surface area contributed by atoms with Crippen molar-refractivity contribution in [3.63, 3.8) is 0 Å². The number of carbonyl (C=O) groups is 1. The van der Waals surface area contributed by atoms with Gasteiger partial charge in [0.1, 0.15) is 12.4 Å². The van der Waals surface area contributed by atoms with Crippen molar-refractivity contribution >= 4 is 21.7 Å². The minimum absolute atomic E-state index is 0.0668. The van der Waals surface area contributed by atoms with E-state index in [9.17, 15) is 4.79 Å². The van der Waals surface area contributed by atoms with Crippen LogP contribution in [-0.4, -0.2) is 26.1 Å². The topological polar surface area (TPSA) is 35.5 Å². The number of hydrogen-bond donors (Lipinski definition) is 0. The van der Waals surface area contributed by atoms with Gasteiger partial charge in [0.05, 0.1) is 11.1 Å². The van der Waals surface area contributed by atoms with E-state index in [1.807, 2.05) is 25.1 Å². The fraction of sp³-hybridized carbons (Fsp3) is 0.533. The lowest BCUT2D eigenvalue weighted by molar-refractivity contribution is 0.0923. The highest BCUT2D eigenvalue weighted by Gasteiger charge is 2.15. The Bertz CT molecular complexity index is 418. The van der Waals surface area contributed by atoms with Gasteiger partial charge in [-0.15, -0.1) is 0 Å². The second kappa shape index (κ2) is 8.33. The van der Waals surface area contributed by atoms with Crippen molar-refractivity contribution in [2.24, 2.45) is 5.92 Å². The van der Waals surface area contributed by atoms with Crippen molar-refractivity contribution in [1.29, 1.82) is 0 Å². The first-order chi connectivity index (χ1) is 9.10. The maximum atomic E-state index is 12.2. The van der Waals surface area contributed by atoms with Gasteiger partial charge in [-0.2, -0.15) is 0 Å². The van der Waals surface area contributed by atoms with Crippen molar-refractivity contribution in [2.75, 3.05) is 20.3 Å². The van der Waals surface area contributed by atoms with Crippen molar-refractivity contribution in [1.82, 2.24) is 0 Å². The van der Waals surface area contributed by atoms with Crippen molar-refractivity contribution in [2.45, 2.75) is 26.7 Å². The van der Waals surface area contributed by atoms with E-state index in [4.69, 9.17) is 9.47 Å². The molecule has 0 aromatic heterocycles. The average Bonchev–Trinajstić information content (AvgIpc) is 2.40. The van der Waals surface area contributed by atoms with Gasteiger partial charge in [0, 0.05) is 18.6 Å². The average molecular weight is 329 g/mol. The summed E-state index contributed by atoms with van der Waals surface area (Å²) in [6.45, 7) is 5.10. The van der Waals surface area contributed by atoms with Crippen LogP contribution in [0, 0.1) is 5.92 Å². The summed E-state index contributed by atoms with van der Waals surface area (Å²) < 4.78 is 11.3. The molecule has 0 saturated carbocycles. The number of Topliss-reactive ketones (excluding diaryl/α,β-unsaturated/α-hetero) is 1. The van der Waals surface area contributed by atoms with E-state index in [1.54, 1.807) is 7.11 Å². The van der Waals surface area contributed by atoms with Gasteiger partial charge in [0.2, 0.25) is 0 Å². The molecule has 0 N–H and O–H groups in total. The molecule has 0 aliphatic carbocycles. The molecular formula is C15H21BrO3. The van der Waals surface area contributed by atoms with Gasteiger partial charge >= 0.3 is 0 Å². The number of hydrogen-bond acceptors (Lipinski definition) is 3. The molecule has 0 aliphatic rings. The predicted octanol–water partition coefficient (Wildman–Crippen LogP) is 4.09. The normalized spacial score (nSPS) is 12.2. The first-order valence-electron chi connectivity index (χ1n) is 6.55. The monoisotopic (exact) mass is 328 g/mol. The van der Waals surface area contributed by atoms with Crippen molar-refractivity contribution < 1.29 is 14.3 Å². The first kappa shape index (κ1) is 16.2. The summed E-state index contributed by atoms with van der Waals surface area (Å²) in [5.41, 5.74) is 0.729. The Balaban J connectivity index is 2.73. The van der Waals surface area contributed by atoms with Gasteiger partial charge in [-0.3, -0.25) is 4.79 Å². The van der Waals surface area contributed by atoms with E-state index in [-0.39, 0.29) is 11.7 Å². The third kappa shape index (κ3) is 4.96. The number of ether oxygens (including phenoxy) is 2. The van der Waals surface area contributed by atoms with Crippen LogP contribution in [0.3, 0.4) is 0 Å². The van der Waals surface area contributed by atoms with Crippen LogP contribution in [0.25, 0.3) is 0 Å². The van der Waals surface area contributed by atoms with E-state index in [0.29, 0.717) is 13.2 Å². The Kier molecular flexibility index (Phi) is 7.10. The van der Waals surface area contributed by atoms with E-state index in [2.05, 4.69) is 22.9 Å². The van der Waals surface area contributed by atoms with Gasteiger partial charge in [-0.05, 0) is 40.5 Å². The Morgan fingerprint density at radius 2 is 2.11 bits per heavy atom. The minimum Gasteiger partial charge on any atom is -0.490 e. The van der Waals surface area contributed by atoms with Crippen LogP contribution in [0.2, 0.25) is 0 Å². The molecule has 0 fully saturated rings. The molecule has 1 aromatic carbocycles. The van der Waals surface area contributed by atoms with E-state index < -0.39 is 0 Å². The molecule has 106 valence electrons. The van der Waals surface area contributed by atoms with Gasteiger partial charge in [0.25, 0.3) is 0 Å². The zero-order valence-corrected chi connectivity index (χ0v) is 13.3. The summed E-state index contributed by atoms with van der Waals surface area (Å²) in [7, 11) is 1.63. The summed E-state index contributed by atoms with van der Waals surface area (Å²) in [4.78, 5) is 12.2. The first-order valence-corrected chi connectivity index (χ1v) is 7.35. The van der Waals surface area contributed by atoms with Crippen LogP contribution in [0.1, 0.15) is 37.0 Å². The smallest absolute Gasteiger partial charge is 0.165 e. The molecule has 0 radical (unpaired) electrons. The van der Waals surface area contributed by atoms with Crippen molar-refractivity contribution in [3.05, 3.63) is 28.2 Å². The van der Waals surface area contributed by atoms with Crippen LogP contribution in [0.4, 0.5) is 0 Å². The number of carbonyl (C=O) groups excluding carboxylic acids is 1. The third-order valence-electron chi connectivity index (χ3n) is 2.93. The second-order valence-electron chi connectivity index (χ2n) is 4.54. The maximum absolute atomic E-state index is 12.2. The minimum atomic E-state index is 0.0668. The maximum Gasteiger partial charge on any atom is 0.165 e. The van der Waals surface area contributed by atoms with E-state index >= 15 is 0 Å². The lowest BCUT2D eigenvalue weighted by Crippen LogP contribution is -2.11. The largest absolute Gasteiger partial charge is 0.490 e. The standard InChI is InChI=1S/C15H21BrO3/c1-4-5-11(2)15(17)12-6-7-14(13(16)10-12)19-9-8-18-3/h6-7,10-11H,4-5,8-9H2,1-3H3. The Labute approximate surface area is 123 Å². The zero-order chi connectivity index (χ0) is 14.3. The SMILES string of the molecule is CCCC(C)C(=O)c1ccc(OCCOC)c(Br)c1. The highest BCUT2D eigenvalue weighted by atomic mass is 79.9. The highest BCUT2D eigenvalue weighted by Crippen LogP contribution is 2.27. The van der Waals surface area contributed by atoms with Gasteiger partial charge in [0.15, 0.2) is 5.78 Å². The Hall–Kier alpha value is -0.870. The van der Waals surface area contributed by atoms with E-state index in [1.165, 1.54) is 0 Å². The molecule has 19 heavy (non-hydrogen) atoms. The molecule has 1 unspecified atom stereocenters. The van der Waals surface area contributed by atoms with Crippen LogP contribution >= 0.6 is 15.9 Å². The summed E-state index contributed by atoms with van der Waals surface area (Å²) >= 11 is 3.44. The fourth-order valence-corrected chi connectivity index (χ4v) is 2.35. The molecule has 0 spiro atoms. The number of benzene rings is 1. The summed E-state index contributed by atoms with van der Waals surface area (Å²) in [6, 6.07) is 5.48. The number of methoxy groups -OCH3 is 1. The fourth-order valence-electron chi connectivity index (χ4n) is 1.85. The lowest BCUT2D eigenvalue weighted by Gasteiger charge is -2.12. The summed E-state index contributed by atoms with van der Waals surface area (Å²) in [5, 5.41) is 0. The van der Waals surface area contributed by atoms with Crippen LogP contribution in [0.15, 0.2) is 22.7 Å². The molecule has 0 saturated heterocycles. The summed E-state index contributed by atoms with van der Waals surface area (Å²) in [6.07, 6.45) is 1.94. The molecule has 0 bridgehead atoms. The van der Waals surface area contributed by atoms with Crippen LogP contribution < -0.4 is 4.74 Å². The number of halogens is 1. The molecular weight excluding hydrogens is 308 g/mol. The second-order valence-corrected chi connectivity index (χ2v) is 5.39. The number of ketones is 1. The van der Waals surface area contributed by atoms with E-state index in [0.717, 1.165) is 28.6 Å². The molecule has 1 rings (SSSR count). The zero-order valence-electron chi connectivity index (χ0n) is 11.7. The van der Waals surface area contributed by atoms with Gasteiger partial charge < -0.3 is 9.47 Å². The molecule has 4 heteroatoms. The Morgan fingerprint density at radius 3 is 2.68 bits per heavy atom. The Morgan fingerprint density at radius 1 is 1.37 bits per heavy atom. The van der Waals surface area contributed by atoms with Crippen molar-refractivity contribution in [3.8, 4) is 5.75 Å². The molecule has 0 aliphatic heterocycles. The predicted molar refractivity (Wildman–Crippen MR) is 79.9 cm³/mol. The highest BCUT2D eigenvalue weighted by molar-refractivity contribution is 9.10. The lowest BCUT2D eigenvalue weighted by atomic mass is 9.95. The number of rotatable bonds is 8.